The Morgan fingerprint density at radius 2 is 1.43 bits per heavy atom. The molecule has 0 atom stereocenters. The highest BCUT2D eigenvalue weighted by Crippen LogP contribution is 2.05. The molecule has 1 rings (SSSR count). The van der Waals surface area contributed by atoms with Gasteiger partial charge in [-0.1, -0.05) is 18.2 Å². The molecule has 0 amide bonds. The van der Waals surface area contributed by atoms with E-state index in [-0.39, 0.29) is 18.1 Å². The van der Waals surface area contributed by atoms with Gasteiger partial charge in [0, 0.05) is 0 Å². The Labute approximate surface area is 82.4 Å². The van der Waals surface area contributed by atoms with Crippen molar-refractivity contribution in [3.05, 3.63) is 30.3 Å². The van der Waals surface area contributed by atoms with Gasteiger partial charge in [-0.3, -0.25) is 4.55 Å². The quantitative estimate of drug-likeness (QED) is 0.605. The van der Waals surface area contributed by atoms with E-state index >= 15 is 0 Å². The van der Waals surface area contributed by atoms with Crippen LogP contribution in [0, 0.1) is 0 Å². The summed E-state index contributed by atoms with van der Waals surface area (Å²) in [5, 5.41) is 15.2. The lowest BCUT2D eigenvalue weighted by molar-refractivity contribution is 0.186. The van der Waals surface area contributed by atoms with Gasteiger partial charge in [-0.05, 0) is 12.1 Å². The normalized spacial score (nSPS) is 10.2. The highest BCUT2D eigenvalue weighted by Gasteiger charge is 2.05. The minimum Gasteiger partial charge on any atom is -0.394 e. The molecule has 0 aromatic heterocycles. The summed E-state index contributed by atoms with van der Waals surface area (Å²) in [6, 6.07) is 7.42. The summed E-state index contributed by atoms with van der Waals surface area (Å²) >= 11 is 0. The van der Waals surface area contributed by atoms with E-state index in [4.69, 9.17) is 14.8 Å². The molecule has 0 heterocycles. The minimum atomic E-state index is -4.00. The predicted molar refractivity (Wildman–Crippen MR) is 50.4 cm³/mol. The Morgan fingerprint density at radius 3 is 1.64 bits per heavy atom. The number of benzene rings is 1. The van der Waals surface area contributed by atoms with E-state index in [9.17, 15) is 8.42 Å². The molecule has 80 valence electrons. The van der Waals surface area contributed by atoms with Crippen molar-refractivity contribution in [1.82, 2.24) is 0 Å². The van der Waals surface area contributed by atoms with Crippen molar-refractivity contribution >= 4 is 10.1 Å². The van der Waals surface area contributed by atoms with Gasteiger partial charge in [-0.25, -0.2) is 0 Å². The third-order valence-corrected chi connectivity index (χ3v) is 2.01. The first kappa shape index (κ1) is 13.1. The number of hydrogen-bond donors (Lipinski definition) is 3. The molecule has 1 aromatic carbocycles. The van der Waals surface area contributed by atoms with Gasteiger partial charge in [0.1, 0.15) is 0 Å². The highest BCUT2D eigenvalue weighted by molar-refractivity contribution is 7.85. The lowest BCUT2D eigenvalue weighted by atomic mass is 10.4. The van der Waals surface area contributed by atoms with Gasteiger partial charge in [-0.2, -0.15) is 8.42 Å². The number of aliphatic hydroxyl groups excluding tert-OH is 2. The first-order chi connectivity index (χ1) is 6.52. The summed E-state index contributed by atoms with van der Waals surface area (Å²) in [6.45, 7) is -0.250. The Balaban J connectivity index is 0.000000364. The molecule has 0 unspecified atom stereocenters. The largest absolute Gasteiger partial charge is 0.394 e. The molecule has 1 aromatic rings. The van der Waals surface area contributed by atoms with Crippen LogP contribution >= 0.6 is 0 Å². The molecule has 0 saturated carbocycles. The maximum absolute atomic E-state index is 10.4. The fraction of sp³-hybridized carbons (Fsp3) is 0.250. The molecule has 3 N–H and O–H groups in total. The van der Waals surface area contributed by atoms with Gasteiger partial charge >= 0.3 is 0 Å². The topological polar surface area (TPSA) is 94.8 Å². The number of hydrogen-bond acceptors (Lipinski definition) is 4. The van der Waals surface area contributed by atoms with Crippen LogP contribution in [0.1, 0.15) is 0 Å². The zero-order chi connectivity index (χ0) is 11.0. The number of rotatable bonds is 2. The smallest absolute Gasteiger partial charge is 0.294 e. The first-order valence-corrected chi connectivity index (χ1v) is 5.20. The van der Waals surface area contributed by atoms with Crippen molar-refractivity contribution in [1.29, 1.82) is 0 Å². The summed E-state index contributed by atoms with van der Waals surface area (Å²) in [6.07, 6.45) is 0. The van der Waals surface area contributed by atoms with E-state index in [0.29, 0.717) is 0 Å². The van der Waals surface area contributed by atoms with Crippen LogP contribution in [0.2, 0.25) is 0 Å². The lowest BCUT2D eigenvalue weighted by Crippen LogP contribution is -1.96. The Morgan fingerprint density at radius 1 is 1.00 bits per heavy atom. The molecule has 5 nitrogen and oxygen atoms in total. The van der Waals surface area contributed by atoms with E-state index < -0.39 is 10.1 Å². The van der Waals surface area contributed by atoms with E-state index in [0.717, 1.165) is 0 Å². The van der Waals surface area contributed by atoms with Crippen molar-refractivity contribution in [2.24, 2.45) is 0 Å². The van der Waals surface area contributed by atoms with Gasteiger partial charge in [0.25, 0.3) is 10.1 Å². The molecule has 0 bridgehead atoms. The second-order valence-corrected chi connectivity index (χ2v) is 3.66. The zero-order valence-corrected chi connectivity index (χ0v) is 8.18. The van der Waals surface area contributed by atoms with Crippen LogP contribution in [0.4, 0.5) is 0 Å². The molecule has 0 saturated heterocycles. The lowest BCUT2D eigenvalue weighted by Gasteiger charge is -1.92. The molecule has 6 heteroatoms. The minimum absolute atomic E-state index is 0.0741. The molecular formula is C8H12O5S. The first-order valence-electron chi connectivity index (χ1n) is 3.76. The maximum Gasteiger partial charge on any atom is 0.294 e. The standard InChI is InChI=1S/C6H6O3S.C2H6O2/c7-10(8,9)6-4-2-1-3-5-6;3-1-2-4/h1-5H,(H,7,8,9);3-4H,1-2H2. The third kappa shape index (κ3) is 5.65. The number of aliphatic hydroxyl groups is 2. The Bertz CT molecular complexity index is 330. The van der Waals surface area contributed by atoms with Crippen LogP contribution < -0.4 is 0 Å². The molecule has 0 aliphatic rings. The zero-order valence-electron chi connectivity index (χ0n) is 7.37. The fourth-order valence-corrected chi connectivity index (χ4v) is 1.09. The average Bonchev–Trinajstić information content (AvgIpc) is 2.18. The second kappa shape index (κ2) is 6.50. The maximum atomic E-state index is 10.4. The predicted octanol–water partition coefficient (Wildman–Crippen LogP) is -0.0957. The second-order valence-electron chi connectivity index (χ2n) is 2.24. The summed E-state index contributed by atoms with van der Waals surface area (Å²) in [5.74, 6) is 0. The van der Waals surface area contributed by atoms with Crippen molar-refractivity contribution in [3.8, 4) is 0 Å². The molecule has 0 aliphatic carbocycles. The molecule has 0 aliphatic heterocycles. The van der Waals surface area contributed by atoms with E-state index in [1.165, 1.54) is 12.1 Å². The van der Waals surface area contributed by atoms with Crippen molar-refractivity contribution in [3.63, 3.8) is 0 Å². The van der Waals surface area contributed by atoms with Gasteiger partial charge < -0.3 is 10.2 Å². The van der Waals surface area contributed by atoms with Crippen LogP contribution in [0.15, 0.2) is 35.2 Å². The third-order valence-electron chi connectivity index (χ3n) is 1.14. The summed E-state index contributed by atoms with van der Waals surface area (Å²) in [7, 11) is -4.00. The van der Waals surface area contributed by atoms with Gasteiger partial charge in [0.15, 0.2) is 0 Å². The molecule has 14 heavy (non-hydrogen) atoms. The highest BCUT2D eigenvalue weighted by atomic mass is 32.2. The molecular weight excluding hydrogens is 208 g/mol. The molecule has 0 fully saturated rings. The SMILES string of the molecule is O=S(=O)(O)c1ccccc1.OCCO. The molecule has 0 spiro atoms. The van der Waals surface area contributed by atoms with Crippen molar-refractivity contribution in [2.75, 3.05) is 13.2 Å². The van der Waals surface area contributed by atoms with Crippen LogP contribution in [0.3, 0.4) is 0 Å². The summed E-state index contributed by atoms with van der Waals surface area (Å²) < 4.78 is 29.2. The van der Waals surface area contributed by atoms with Crippen LogP contribution in [0.5, 0.6) is 0 Å². The average molecular weight is 220 g/mol. The van der Waals surface area contributed by atoms with Crippen molar-refractivity contribution < 1.29 is 23.2 Å². The van der Waals surface area contributed by atoms with Crippen LogP contribution in [-0.2, 0) is 10.1 Å². The monoisotopic (exact) mass is 220 g/mol. The summed E-state index contributed by atoms with van der Waals surface area (Å²) in [4.78, 5) is -0.0741. The van der Waals surface area contributed by atoms with Crippen LogP contribution in [0.25, 0.3) is 0 Å². The van der Waals surface area contributed by atoms with E-state index in [1.807, 2.05) is 0 Å². The summed E-state index contributed by atoms with van der Waals surface area (Å²) in [5.41, 5.74) is 0. The Hall–Kier alpha value is -0.950. The van der Waals surface area contributed by atoms with Gasteiger partial charge in [0.2, 0.25) is 0 Å². The van der Waals surface area contributed by atoms with Gasteiger partial charge in [-0.15, -0.1) is 0 Å². The van der Waals surface area contributed by atoms with Crippen LogP contribution in [-0.4, -0.2) is 36.4 Å². The Kier molecular flexibility index (Phi) is 6.06. The molecule has 0 radical (unpaired) electrons. The van der Waals surface area contributed by atoms with Crippen molar-refractivity contribution in [2.45, 2.75) is 4.90 Å². The van der Waals surface area contributed by atoms with Gasteiger partial charge in [0.05, 0.1) is 18.1 Å². The fourth-order valence-electron chi connectivity index (χ4n) is 0.592. The van der Waals surface area contributed by atoms with E-state index in [2.05, 4.69) is 0 Å². The van der Waals surface area contributed by atoms with E-state index in [1.54, 1.807) is 18.2 Å².